The summed E-state index contributed by atoms with van der Waals surface area (Å²) in [6.07, 6.45) is 2.34. The van der Waals surface area contributed by atoms with Gasteiger partial charge in [0.05, 0.1) is 6.04 Å². The number of carbonyl (C=O) groups is 2. The number of amides is 3. The highest BCUT2D eigenvalue weighted by Gasteiger charge is 2.33. The molecule has 1 atom stereocenters. The maximum Gasteiger partial charge on any atom is 0.312 e. The molecule has 6 heteroatoms. The summed E-state index contributed by atoms with van der Waals surface area (Å²) in [5.74, 6) is 0.202. The van der Waals surface area contributed by atoms with E-state index in [4.69, 9.17) is 5.73 Å². The van der Waals surface area contributed by atoms with E-state index in [2.05, 4.69) is 53.5 Å². The average molecular weight is 383 g/mol. The molecule has 0 radical (unpaired) electrons. The number of urea groups is 1. The van der Waals surface area contributed by atoms with Crippen LogP contribution in [-0.2, 0) is 11.2 Å². The molecule has 1 heterocycles. The van der Waals surface area contributed by atoms with E-state index in [1.165, 1.54) is 16.3 Å². The number of benzene rings is 2. The van der Waals surface area contributed by atoms with Gasteiger partial charge in [-0.05, 0) is 42.1 Å². The second-order valence-electron chi connectivity index (χ2n) is 7.33. The van der Waals surface area contributed by atoms with E-state index >= 15 is 0 Å². The first-order valence-electron chi connectivity index (χ1n) is 10.1. The minimum Gasteiger partial charge on any atom is -0.352 e. The molecule has 3 rings (SSSR count). The van der Waals surface area contributed by atoms with Gasteiger partial charge in [0.1, 0.15) is 0 Å². The fourth-order valence-electron chi connectivity index (χ4n) is 3.95. The van der Waals surface area contributed by atoms with Gasteiger partial charge in [0.15, 0.2) is 0 Å². The Balaban J connectivity index is 1.58. The van der Waals surface area contributed by atoms with Gasteiger partial charge in [-0.1, -0.05) is 49.4 Å². The molecule has 6 nitrogen and oxygen atoms in total. The number of hydrogen-bond donors (Lipinski definition) is 2. The fourth-order valence-corrected chi connectivity index (χ4v) is 3.95. The van der Waals surface area contributed by atoms with Gasteiger partial charge in [-0.2, -0.15) is 0 Å². The van der Waals surface area contributed by atoms with Crippen LogP contribution in [0.2, 0.25) is 0 Å². The summed E-state index contributed by atoms with van der Waals surface area (Å²) < 4.78 is 0. The van der Waals surface area contributed by atoms with Gasteiger partial charge in [-0.3, -0.25) is 9.69 Å². The molecule has 0 spiro atoms. The third-order valence-corrected chi connectivity index (χ3v) is 5.54. The monoisotopic (exact) mass is 382 g/mol. The van der Waals surface area contributed by atoms with Crippen molar-refractivity contribution < 1.29 is 9.59 Å². The first-order valence-corrected chi connectivity index (χ1v) is 10.1. The quantitative estimate of drug-likeness (QED) is 0.688. The number of carbonyl (C=O) groups excluding carboxylic acids is 2. The molecule has 1 aliphatic heterocycles. The Morgan fingerprint density at radius 1 is 1.18 bits per heavy atom. The second kappa shape index (κ2) is 9.55. The van der Waals surface area contributed by atoms with Gasteiger partial charge in [0, 0.05) is 26.2 Å². The number of nitrogens with zero attached hydrogens (tertiary/aromatic N) is 2. The molecule has 150 valence electrons. The number of likely N-dealkylation sites (N-methyl/N-ethyl adjacent to an activating group) is 1. The lowest BCUT2D eigenvalue weighted by Gasteiger charge is -2.40. The molecular weight excluding hydrogens is 352 g/mol. The third kappa shape index (κ3) is 5.01. The normalized spacial score (nSPS) is 17.8. The zero-order valence-corrected chi connectivity index (χ0v) is 16.6. The van der Waals surface area contributed by atoms with Crippen molar-refractivity contribution in [2.75, 3.05) is 32.7 Å². The van der Waals surface area contributed by atoms with Crippen LogP contribution in [0.3, 0.4) is 0 Å². The molecule has 3 N–H and O–H groups in total. The predicted octanol–water partition coefficient (Wildman–Crippen LogP) is 2.36. The Bertz CT molecular complexity index is 823. The summed E-state index contributed by atoms with van der Waals surface area (Å²) >= 11 is 0. The summed E-state index contributed by atoms with van der Waals surface area (Å²) in [7, 11) is 0. The van der Waals surface area contributed by atoms with Gasteiger partial charge in [-0.25, -0.2) is 4.79 Å². The van der Waals surface area contributed by atoms with E-state index in [1.54, 1.807) is 0 Å². The Morgan fingerprint density at radius 3 is 2.71 bits per heavy atom. The molecule has 3 amide bonds. The molecular formula is C22H30N4O2. The molecule has 2 aromatic carbocycles. The smallest absolute Gasteiger partial charge is 0.312 e. The third-order valence-electron chi connectivity index (χ3n) is 5.54. The molecule has 28 heavy (non-hydrogen) atoms. The Kier molecular flexibility index (Phi) is 6.87. The Hall–Kier alpha value is -2.60. The van der Waals surface area contributed by atoms with Gasteiger partial charge < -0.3 is 16.0 Å². The van der Waals surface area contributed by atoms with Crippen LogP contribution < -0.4 is 11.1 Å². The van der Waals surface area contributed by atoms with Crippen LogP contribution in [0.15, 0.2) is 42.5 Å². The summed E-state index contributed by atoms with van der Waals surface area (Å²) in [5.41, 5.74) is 6.36. The van der Waals surface area contributed by atoms with Gasteiger partial charge >= 0.3 is 6.03 Å². The van der Waals surface area contributed by atoms with Crippen LogP contribution in [-0.4, -0.2) is 60.5 Å². The van der Waals surface area contributed by atoms with E-state index in [-0.39, 0.29) is 11.9 Å². The zero-order chi connectivity index (χ0) is 19.9. The van der Waals surface area contributed by atoms with Crippen molar-refractivity contribution in [2.24, 2.45) is 5.73 Å². The van der Waals surface area contributed by atoms with Gasteiger partial charge in [-0.15, -0.1) is 0 Å². The summed E-state index contributed by atoms with van der Waals surface area (Å²) in [6.45, 7) is 5.87. The van der Waals surface area contributed by atoms with Crippen molar-refractivity contribution in [3.05, 3.63) is 48.0 Å². The van der Waals surface area contributed by atoms with E-state index in [0.717, 1.165) is 45.4 Å². The lowest BCUT2D eigenvalue weighted by Crippen LogP contribution is -2.57. The zero-order valence-electron chi connectivity index (χ0n) is 16.6. The Labute approximate surface area is 166 Å². The van der Waals surface area contributed by atoms with Crippen LogP contribution in [0.25, 0.3) is 10.8 Å². The first-order chi connectivity index (χ1) is 13.6. The molecule has 0 saturated carbocycles. The standard InChI is InChI=1S/C22H30N4O2/c1-2-25-14-15-26(21(27)20(25)8-5-12-24-22(23)28)13-11-17-9-10-18-6-3-4-7-19(18)16-17/h3-4,6-7,9-10,16,20H,2,5,8,11-15H2,1H3,(H3,23,24,28). The molecule has 0 aromatic heterocycles. The van der Waals surface area contributed by atoms with Crippen molar-refractivity contribution in [3.8, 4) is 0 Å². The minimum absolute atomic E-state index is 0.106. The lowest BCUT2D eigenvalue weighted by atomic mass is 10.0. The van der Waals surface area contributed by atoms with E-state index in [1.807, 2.05) is 11.0 Å². The van der Waals surface area contributed by atoms with Crippen LogP contribution in [0.5, 0.6) is 0 Å². The topological polar surface area (TPSA) is 78.7 Å². The largest absolute Gasteiger partial charge is 0.352 e. The van der Waals surface area contributed by atoms with Crippen molar-refractivity contribution >= 4 is 22.7 Å². The number of rotatable bonds is 8. The van der Waals surface area contributed by atoms with Crippen molar-refractivity contribution in [1.82, 2.24) is 15.1 Å². The first kappa shape index (κ1) is 20.1. The highest BCUT2D eigenvalue weighted by Crippen LogP contribution is 2.19. The number of primary amides is 1. The van der Waals surface area contributed by atoms with E-state index in [9.17, 15) is 9.59 Å². The van der Waals surface area contributed by atoms with Crippen LogP contribution in [0.4, 0.5) is 4.79 Å². The summed E-state index contributed by atoms with van der Waals surface area (Å²) in [4.78, 5) is 28.1. The number of piperazine rings is 1. The molecule has 1 unspecified atom stereocenters. The van der Waals surface area contributed by atoms with Crippen LogP contribution in [0, 0.1) is 0 Å². The SMILES string of the molecule is CCN1CCN(CCc2ccc3ccccc3c2)C(=O)C1CCCNC(N)=O. The highest BCUT2D eigenvalue weighted by atomic mass is 16.2. The van der Waals surface area contributed by atoms with Crippen LogP contribution in [0.1, 0.15) is 25.3 Å². The molecule has 2 aromatic rings. The second-order valence-corrected chi connectivity index (χ2v) is 7.33. The number of nitrogens with two attached hydrogens (primary N) is 1. The van der Waals surface area contributed by atoms with Gasteiger partial charge in [0.25, 0.3) is 0 Å². The molecule has 0 bridgehead atoms. The number of hydrogen-bond acceptors (Lipinski definition) is 3. The van der Waals surface area contributed by atoms with E-state index < -0.39 is 6.03 Å². The fraction of sp³-hybridized carbons (Fsp3) is 0.455. The van der Waals surface area contributed by atoms with Crippen molar-refractivity contribution in [3.63, 3.8) is 0 Å². The maximum atomic E-state index is 13.0. The van der Waals surface area contributed by atoms with Crippen molar-refractivity contribution in [2.45, 2.75) is 32.2 Å². The lowest BCUT2D eigenvalue weighted by molar-refractivity contribution is -0.142. The Morgan fingerprint density at radius 2 is 1.96 bits per heavy atom. The molecule has 1 saturated heterocycles. The highest BCUT2D eigenvalue weighted by molar-refractivity contribution is 5.83. The molecule has 1 fully saturated rings. The minimum atomic E-state index is -0.515. The molecule has 1 aliphatic rings. The number of fused-ring (bicyclic) bond motifs is 1. The summed E-state index contributed by atoms with van der Waals surface area (Å²) in [5, 5.41) is 5.08. The summed E-state index contributed by atoms with van der Waals surface area (Å²) in [6, 6.07) is 14.2. The van der Waals surface area contributed by atoms with Crippen LogP contribution >= 0.6 is 0 Å². The van der Waals surface area contributed by atoms with E-state index in [0.29, 0.717) is 6.54 Å². The number of nitrogens with one attached hydrogen (secondary N) is 1. The van der Waals surface area contributed by atoms with Gasteiger partial charge in [0.2, 0.25) is 5.91 Å². The molecule has 0 aliphatic carbocycles. The van der Waals surface area contributed by atoms with Crippen molar-refractivity contribution in [1.29, 1.82) is 0 Å². The maximum absolute atomic E-state index is 13.0. The average Bonchev–Trinajstić information content (AvgIpc) is 2.70. The predicted molar refractivity (Wildman–Crippen MR) is 112 cm³/mol.